The molecule has 0 aliphatic carbocycles. The van der Waals surface area contributed by atoms with Crippen molar-refractivity contribution in [1.29, 1.82) is 0 Å². The van der Waals surface area contributed by atoms with Crippen LogP contribution in [-0.2, 0) is 4.74 Å². The molecular weight excluding hydrogens is 366 g/mol. The number of phenols is 1. The van der Waals surface area contributed by atoms with E-state index in [1.165, 1.54) is 12.1 Å². The summed E-state index contributed by atoms with van der Waals surface area (Å²) in [6, 6.07) is 6.08. The molecule has 7 heteroatoms. The molecule has 0 aliphatic rings. The van der Waals surface area contributed by atoms with Crippen molar-refractivity contribution in [3.63, 3.8) is 0 Å². The van der Waals surface area contributed by atoms with Crippen LogP contribution in [-0.4, -0.2) is 28.9 Å². The van der Waals surface area contributed by atoms with Crippen LogP contribution in [0.2, 0.25) is 0 Å². The lowest BCUT2D eigenvalue weighted by atomic mass is 10.0. The Morgan fingerprint density at radius 1 is 1.26 bits per heavy atom. The predicted octanol–water partition coefficient (Wildman–Crippen LogP) is 4.21. The van der Waals surface area contributed by atoms with Crippen LogP contribution in [0, 0.1) is 5.92 Å². The summed E-state index contributed by atoms with van der Waals surface area (Å²) < 4.78 is 5.58. The molecule has 0 spiro atoms. The SMILES string of the molecule is CC(C)COC(=O)Nc1ccc(Br)c2c(O)c(C(=O)O)ccc12. The number of carbonyl (C=O) groups excluding carboxylic acids is 1. The number of carboxylic acids is 1. The molecule has 0 unspecified atom stereocenters. The number of fused-ring (bicyclic) bond motifs is 1. The predicted molar refractivity (Wildman–Crippen MR) is 90.1 cm³/mol. The van der Waals surface area contributed by atoms with Gasteiger partial charge in [-0.05, 0) is 24.1 Å². The van der Waals surface area contributed by atoms with Gasteiger partial charge in [0.05, 0.1) is 12.3 Å². The van der Waals surface area contributed by atoms with E-state index in [0.717, 1.165) is 0 Å². The number of hydrogen-bond acceptors (Lipinski definition) is 4. The number of anilines is 1. The molecule has 0 heterocycles. The zero-order chi connectivity index (χ0) is 17.1. The lowest BCUT2D eigenvalue weighted by Gasteiger charge is -2.13. The molecule has 0 saturated carbocycles. The molecule has 0 saturated heterocycles. The zero-order valence-electron chi connectivity index (χ0n) is 12.6. The Labute approximate surface area is 141 Å². The first-order valence-electron chi connectivity index (χ1n) is 6.92. The number of aromatic hydroxyl groups is 1. The molecule has 0 atom stereocenters. The van der Waals surface area contributed by atoms with Crippen LogP contribution in [0.3, 0.4) is 0 Å². The molecule has 2 aromatic carbocycles. The van der Waals surface area contributed by atoms with Gasteiger partial charge in [-0.1, -0.05) is 35.8 Å². The van der Waals surface area contributed by atoms with Gasteiger partial charge in [-0.2, -0.15) is 0 Å². The quantitative estimate of drug-likeness (QED) is 0.736. The van der Waals surface area contributed by atoms with E-state index in [4.69, 9.17) is 9.84 Å². The topological polar surface area (TPSA) is 95.9 Å². The first-order valence-corrected chi connectivity index (χ1v) is 7.71. The monoisotopic (exact) mass is 381 g/mol. The number of halogens is 1. The van der Waals surface area contributed by atoms with E-state index >= 15 is 0 Å². The molecule has 23 heavy (non-hydrogen) atoms. The van der Waals surface area contributed by atoms with E-state index in [2.05, 4.69) is 21.2 Å². The number of amides is 1. The van der Waals surface area contributed by atoms with Gasteiger partial charge in [0.15, 0.2) is 0 Å². The normalized spacial score (nSPS) is 10.8. The molecule has 0 aromatic heterocycles. The van der Waals surface area contributed by atoms with Crippen molar-refractivity contribution in [3.8, 4) is 5.75 Å². The van der Waals surface area contributed by atoms with E-state index in [-0.39, 0.29) is 23.8 Å². The highest BCUT2D eigenvalue weighted by atomic mass is 79.9. The van der Waals surface area contributed by atoms with Gasteiger partial charge in [0.1, 0.15) is 11.3 Å². The minimum absolute atomic E-state index is 0.210. The van der Waals surface area contributed by atoms with Gasteiger partial charge in [0.2, 0.25) is 0 Å². The summed E-state index contributed by atoms with van der Waals surface area (Å²) in [5.74, 6) is -1.38. The summed E-state index contributed by atoms with van der Waals surface area (Å²) in [4.78, 5) is 22.9. The van der Waals surface area contributed by atoms with E-state index in [0.29, 0.717) is 20.9 Å². The maximum absolute atomic E-state index is 11.8. The minimum atomic E-state index is -1.23. The largest absolute Gasteiger partial charge is 0.506 e. The third kappa shape index (κ3) is 3.73. The Kier molecular flexibility index (Phi) is 5.10. The summed E-state index contributed by atoms with van der Waals surface area (Å²) in [6.07, 6.45) is -0.607. The number of nitrogens with one attached hydrogen (secondary N) is 1. The number of benzene rings is 2. The lowest BCUT2D eigenvalue weighted by Crippen LogP contribution is -2.16. The molecule has 2 rings (SSSR count). The molecule has 122 valence electrons. The first kappa shape index (κ1) is 17.1. The number of aromatic carboxylic acids is 1. The number of ether oxygens (including phenoxy) is 1. The van der Waals surface area contributed by atoms with Crippen molar-refractivity contribution in [3.05, 3.63) is 34.3 Å². The lowest BCUT2D eigenvalue weighted by molar-refractivity contribution is 0.0694. The molecule has 0 radical (unpaired) electrons. The van der Waals surface area contributed by atoms with Crippen molar-refractivity contribution < 1.29 is 24.5 Å². The van der Waals surface area contributed by atoms with Crippen LogP contribution in [0.25, 0.3) is 10.8 Å². The fourth-order valence-electron chi connectivity index (χ4n) is 2.06. The maximum atomic E-state index is 11.8. The minimum Gasteiger partial charge on any atom is -0.506 e. The first-order chi connectivity index (χ1) is 10.8. The summed E-state index contributed by atoms with van der Waals surface area (Å²) in [7, 11) is 0. The molecule has 1 amide bonds. The fourth-order valence-corrected chi connectivity index (χ4v) is 2.59. The highest BCUT2D eigenvalue weighted by molar-refractivity contribution is 9.10. The summed E-state index contributed by atoms with van der Waals surface area (Å²) >= 11 is 3.28. The second-order valence-corrected chi connectivity index (χ2v) is 6.26. The number of rotatable bonds is 4. The summed E-state index contributed by atoms with van der Waals surface area (Å²) in [5, 5.41) is 22.7. The summed E-state index contributed by atoms with van der Waals surface area (Å²) in [5.41, 5.74) is 0.210. The highest BCUT2D eigenvalue weighted by Crippen LogP contribution is 2.38. The smallest absolute Gasteiger partial charge is 0.411 e. The van der Waals surface area contributed by atoms with Crippen LogP contribution in [0.1, 0.15) is 24.2 Å². The summed E-state index contributed by atoms with van der Waals surface area (Å²) in [6.45, 7) is 4.14. The number of carbonyl (C=O) groups is 2. The van der Waals surface area contributed by atoms with Gasteiger partial charge in [0, 0.05) is 15.2 Å². The van der Waals surface area contributed by atoms with Crippen LogP contribution in [0.4, 0.5) is 10.5 Å². The van der Waals surface area contributed by atoms with Crippen molar-refractivity contribution in [2.24, 2.45) is 5.92 Å². The van der Waals surface area contributed by atoms with Crippen molar-refractivity contribution in [2.45, 2.75) is 13.8 Å². The number of carboxylic acid groups (broad SMARTS) is 1. The van der Waals surface area contributed by atoms with Crippen LogP contribution >= 0.6 is 15.9 Å². The average Bonchev–Trinajstić information content (AvgIpc) is 2.47. The average molecular weight is 382 g/mol. The Bertz CT molecular complexity index is 773. The Hall–Kier alpha value is -2.28. The van der Waals surface area contributed by atoms with Gasteiger partial charge < -0.3 is 14.9 Å². The standard InChI is InChI=1S/C16H16BrNO5/c1-8(2)7-23-16(22)18-12-6-5-11(17)13-9(12)3-4-10(14(13)19)15(20)21/h3-6,8,19H,7H2,1-2H3,(H,18,22)(H,20,21). The Morgan fingerprint density at radius 3 is 2.57 bits per heavy atom. The molecule has 0 fully saturated rings. The van der Waals surface area contributed by atoms with Crippen LogP contribution in [0.15, 0.2) is 28.7 Å². The van der Waals surface area contributed by atoms with Crippen molar-refractivity contribution >= 4 is 44.5 Å². The van der Waals surface area contributed by atoms with Gasteiger partial charge in [-0.25, -0.2) is 9.59 Å². The molecule has 6 nitrogen and oxygen atoms in total. The van der Waals surface area contributed by atoms with Crippen LogP contribution < -0.4 is 5.32 Å². The van der Waals surface area contributed by atoms with Gasteiger partial charge in [0.25, 0.3) is 0 Å². The maximum Gasteiger partial charge on any atom is 0.411 e. The third-order valence-electron chi connectivity index (χ3n) is 3.12. The van der Waals surface area contributed by atoms with E-state index in [1.807, 2.05) is 13.8 Å². The van der Waals surface area contributed by atoms with E-state index in [1.54, 1.807) is 12.1 Å². The van der Waals surface area contributed by atoms with Crippen LogP contribution in [0.5, 0.6) is 5.75 Å². The molecule has 2 aromatic rings. The van der Waals surface area contributed by atoms with Gasteiger partial charge in [-0.15, -0.1) is 0 Å². The molecule has 0 bridgehead atoms. The molecular formula is C16H16BrNO5. The Balaban J connectivity index is 2.43. The second-order valence-electron chi connectivity index (χ2n) is 5.40. The van der Waals surface area contributed by atoms with Crippen molar-refractivity contribution in [1.82, 2.24) is 0 Å². The number of hydrogen-bond donors (Lipinski definition) is 3. The van der Waals surface area contributed by atoms with E-state index < -0.39 is 12.1 Å². The Morgan fingerprint density at radius 2 is 1.96 bits per heavy atom. The third-order valence-corrected chi connectivity index (χ3v) is 3.78. The zero-order valence-corrected chi connectivity index (χ0v) is 14.2. The molecule has 0 aliphatic heterocycles. The fraction of sp³-hybridized carbons (Fsp3) is 0.250. The van der Waals surface area contributed by atoms with Gasteiger partial charge in [-0.3, -0.25) is 5.32 Å². The highest BCUT2D eigenvalue weighted by Gasteiger charge is 2.17. The van der Waals surface area contributed by atoms with E-state index in [9.17, 15) is 14.7 Å². The second kappa shape index (κ2) is 6.87. The molecule has 3 N–H and O–H groups in total. The van der Waals surface area contributed by atoms with Gasteiger partial charge >= 0.3 is 12.1 Å². The van der Waals surface area contributed by atoms with Crippen molar-refractivity contribution in [2.75, 3.05) is 11.9 Å².